The second kappa shape index (κ2) is 3.89. The molecule has 94 valence electrons. The van der Waals surface area contributed by atoms with Gasteiger partial charge in [-0.2, -0.15) is 9.97 Å². The number of anilines is 1. The van der Waals surface area contributed by atoms with Gasteiger partial charge in [0.2, 0.25) is 11.9 Å². The van der Waals surface area contributed by atoms with Crippen LogP contribution in [0, 0.1) is 0 Å². The van der Waals surface area contributed by atoms with Gasteiger partial charge in [0.25, 0.3) is 0 Å². The smallest absolute Gasteiger partial charge is 0.246 e. The summed E-state index contributed by atoms with van der Waals surface area (Å²) in [7, 11) is 0. The Morgan fingerprint density at radius 1 is 1.50 bits per heavy atom. The second-order valence-corrected chi connectivity index (χ2v) is 4.76. The first-order chi connectivity index (χ1) is 8.58. The first kappa shape index (κ1) is 11.4. The van der Waals surface area contributed by atoms with Crippen molar-refractivity contribution in [2.45, 2.75) is 24.8 Å². The van der Waals surface area contributed by atoms with E-state index in [0.717, 1.165) is 6.42 Å². The van der Waals surface area contributed by atoms with E-state index in [0.29, 0.717) is 24.0 Å². The summed E-state index contributed by atoms with van der Waals surface area (Å²) in [5.41, 5.74) is 6.06. The zero-order valence-corrected chi connectivity index (χ0v) is 10.2. The molecule has 0 aromatic carbocycles. The number of nitrogens with zero attached hydrogens (tertiary/aromatic N) is 3. The molecule has 1 aliphatic rings. The van der Waals surface area contributed by atoms with Gasteiger partial charge < -0.3 is 10.7 Å². The average Bonchev–Trinajstić information content (AvgIpc) is 2.74. The number of H-pyrrole nitrogens is 1. The van der Waals surface area contributed by atoms with Crippen LogP contribution in [0.3, 0.4) is 0 Å². The van der Waals surface area contributed by atoms with E-state index < -0.39 is 5.54 Å². The fraction of sp³-hybridized carbons (Fsp3) is 0.400. The zero-order chi connectivity index (χ0) is 12.8. The largest absolute Gasteiger partial charge is 0.341 e. The van der Waals surface area contributed by atoms with E-state index in [4.69, 9.17) is 17.3 Å². The standard InChI is InChI=1S/C10H11ClN6O/c11-6-5-7(14-4-13-5)16-9(15-6)17-8(18)10(12)2-1-3-10/h4H,1-3,12H2,(H2,13,14,15,16,17,18). The van der Waals surface area contributed by atoms with Gasteiger partial charge in [0, 0.05) is 0 Å². The predicted octanol–water partition coefficient (Wildman–Crippen LogP) is 0.826. The lowest BCUT2D eigenvalue weighted by atomic mass is 9.77. The van der Waals surface area contributed by atoms with Crippen molar-refractivity contribution in [1.82, 2.24) is 19.9 Å². The molecular weight excluding hydrogens is 256 g/mol. The maximum atomic E-state index is 11.9. The maximum Gasteiger partial charge on any atom is 0.246 e. The van der Waals surface area contributed by atoms with E-state index >= 15 is 0 Å². The molecule has 2 aromatic rings. The van der Waals surface area contributed by atoms with Gasteiger partial charge >= 0.3 is 0 Å². The highest BCUT2D eigenvalue weighted by atomic mass is 35.5. The van der Waals surface area contributed by atoms with Gasteiger partial charge in [0.1, 0.15) is 5.52 Å². The number of imidazole rings is 1. The summed E-state index contributed by atoms with van der Waals surface area (Å²) in [6.07, 6.45) is 3.78. The van der Waals surface area contributed by atoms with Crippen LogP contribution in [0.25, 0.3) is 11.2 Å². The lowest BCUT2D eigenvalue weighted by Crippen LogP contribution is -2.56. The molecule has 8 heteroatoms. The van der Waals surface area contributed by atoms with Crippen LogP contribution >= 0.6 is 11.6 Å². The molecule has 1 fully saturated rings. The Morgan fingerprint density at radius 2 is 2.28 bits per heavy atom. The fourth-order valence-corrected chi connectivity index (χ4v) is 2.08. The molecule has 0 unspecified atom stereocenters. The molecule has 4 N–H and O–H groups in total. The number of halogens is 1. The maximum absolute atomic E-state index is 11.9. The summed E-state index contributed by atoms with van der Waals surface area (Å²) in [6, 6.07) is 0. The quantitative estimate of drug-likeness (QED) is 0.697. The van der Waals surface area contributed by atoms with Crippen LogP contribution in [0.4, 0.5) is 5.95 Å². The van der Waals surface area contributed by atoms with Gasteiger partial charge in [-0.3, -0.25) is 10.1 Å². The molecule has 1 amide bonds. The SMILES string of the molecule is NC1(C(=O)Nc2nc(Cl)c3[nH]cnc3n2)CCC1. The van der Waals surface area contributed by atoms with Crippen molar-refractivity contribution >= 4 is 34.6 Å². The van der Waals surface area contributed by atoms with Gasteiger partial charge in [0.15, 0.2) is 10.8 Å². The van der Waals surface area contributed by atoms with E-state index in [2.05, 4.69) is 25.3 Å². The van der Waals surface area contributed by atoms with Crippen molar-refractivity contribution < 1.29 is 4.79 Å². The Balaban J connectivity index is 1.88. The number of carbonyl (C=O) groups excluding carboxylic acids is 1. The van der Waals surface area contributed by atoms with E-state index in [1.165, 1.54) is 6.33 Å². The van der Waals surface area contributed by atoms with Crippen molar-refractivity contribution in [3.05, 3.63) is 11.5 Å². The van der Waals surface area contributed by atoms with E-state index in [1.54, 1.807) is 0 Å². The lowest BCUT2D eigenvalue weighted by Gasteiger charge is -2.35. The van der Waals surface area contributed by atoms with Crippen LogP contribution in [-0.2, 0) is 4.79 Å². The average molecular weight is 267 g/mol. The molecular formula is C10H11ClN6O. The van der Waals surface area contributed by atoms with Crippen molar-refractivity contribution in [2.24, 2.45) is 5.73 Å². The minimum Gasteiger partial charge on any atom is -0.341 e. The Kier molecular flexibility index (Phi) is 2.46. The highest BCUT2D eigenvalue weighted by Crippen LogP contribution is 2.30. The monoisotopic (exact) mass is 266 g/mol. The summed E-state index contributed by atoms with van der Waals surface area (Å²) in [4.78, 5) is 26.8. The van der Waals surface area contributed by atoms with Crippen LogP contribution in [0.1, 0.15) is 19.3 Å². The summed E-state index contributed by atoms with van der Waals surface area (Å²) >= 11 is 5.94. The Morgan fingerprint density at radius 3 is 2.94 bits per heavy atom. The van der Waals surface area contributed by atoms with Crippen LogP contribution in [0.5, 0.6) is 0 Å². The highest BCUT2D eigenvalue weighted by molar-refractivity contribution is 6.33. The number of aromatic nitrogens is 4. The van der Waals surface area contributed by atoms with Crippen molar-refractivity contribution in [2.75, 3.05) is 5.32 Å². The Bertz CT molecular complexity index is 620. The second-order valence-electron chi connectivity index (χ2n) is 4.40. The van der Waals surface area contributed by atoms with Crippen LogP contribution in [-0.4, -0.2) is 31.4 Å². The first-order valence-corrected chi connectivity index (χ1v) is 5.93. The van der Waals surface area contributed by atoms with Gasteiger partial charge in [0.05, 0.1) is 11.9 Å². The fourth-order valence-electron chi connectivity index (χ4n) is 1.86. The number of aromatic amines is 1. The number of nitrogens with two attached hydrogens (primary N) is 1. The minimum absolute atomic E-state index is 0.126. The van der Waals surface area contributed by atoms with Gasteiger partial charge in [-0.15, -0.1) is 0 Å². The third kappa shape index (κ3) is 1.72. The molecule has 1 saturated carbocycles. The molecule has 7 nitrogen and oxygen atoms in total. The number of amides is 1. The lowest BCUT2D eigenvalue weighted by molar-refractivity contribution is -0.123. The molecule has 0 atom stereocenters. The van der Waals surface area contributed by atoms with E-state index in [1.807, 2.05) is 0 Å². The molecule has 0 aliphatic heterocycles. The Hall–Kier alpha value is -1.73. The summed E-state index contributed by atoms with van der Waals surface area (Å²) in [6.45, 7) is 0. The minimum atomic E-state index is -0.795. The molecule has 2 heterocycles. The number of carbonyl (C=O) groups is 1. The number of rotatable bonds is 2. The molecule has 0 radical (unpaired) electrons. The van der Waals surface area contributed by atoms with E-state index in [9.17, 15) is 4.79 Å². The topological polar surface area (TPSA) is 110 Å². The molecule has 0 bridgehead atoms. The van der Waals surface area contributed by atoms with Crippen LogP contribution in [0.15, 0.2) is 6.33 Å². The first-order valence-electron chi connectivity index (χ1n) is 5.55. The molecule has 3 rings (SSSR count). The third-order valence-corrected chi connectivity index (χ3v) is 3.44. The summed E-state index contributed by atoms with van der Waals surface area (Å²) < 4.78 is 0. The predicted molar refractivity (Wildman–Crippen MR) is 66.1 cm³/mol. The van der Waals surface area contributed by atoms with Crippen LogP contribution in [0.2, 0.25) is 5.15 Å². The normalized spacial score (nSPS) is 17.4. The van der Waals surface area contributed by atoms with E-state index in [-0.39, 0.29) is 17.0 Å². The summed E-state index contributed by atoms with van der Waals surface area (Å²) in [5, 5.41) is 2.80. The highest BCUT2D eigenvalue weighted by Gasteiger charge is 2.40. The van der Waals surface area contributed by atoms with Gasteiger partial charge in [-0.05, 0) is 19.3 Å². The molecule has 0 spiro atoms. The molecule has 2 aromatic heterocycles. The van der Waals surface area contributed by atoms with Gasteiger partial charge in [-0.25, -0.2) is 4.98 Å². The van der Waals surface area contributed by atoms with Crippen molar-refractivity contribution in [3.8, 4) is 0 Å². The van der Waals surface area contributed by atoms with Crippen molar-refractivity contribution in [3.63, 3.8) is 0 Å². The zero-order valence-electron chi connectivity index (χ0n) is 9.40. The number of nitrogens with one attached hydrogen (secondary N) is 2. The van der Waals surface area contributed by atoms with Crippen LogP contribution < -0.4 is 11.1 Å². The third-order valence-electron chi connectivity index (χ3n) is 3.16. The molecule has 0 saturated heterocycles. The summed E-state index contributed by atoms with van der Waals surface area (Å²) in [5.74, 6) is -0.152. The number of fused-ring (bicyclic) bond motifs is 1. The van der Waals surface area contributed by atoms with Crippen molar-refractivity contribution in [1.29, 1.82) is 0 Å². The van der Waals surface area contributed by atoms with Gasteiger partial charge in [-0.1, -0.05) is 11.6 Å². The molecule has 18 heavy (non-hydrogen) atoms. The number of hydrogen-bond acceptors (Lipinski definition) is 5. The number of hydrogen-bond donors (Lipinski definition) is 3. The Labute approximate surface area is 107 Å². The molecule has 1 aliphatic carbocycles.